The van der Waals surface area contributed by atoms with E-state index in [-0.39, 0.29) is 28.2 Å². The molecule has 2 aromatic rings. The molecule has 2 aliphatic rings. The molecule has 0 amide bonds. The molecule has 0 heterocycles. The quantitative estimate of drug-likeness (QED) is 0.818. The Morgan fingerprint density at radius 2 is 1.81 bits per heavy atom. The lowest BCUT2D eigenvalue weighted by atomic mass is 9.75. The first-order valence-electron chi connectivity index (χ1n) is 8.71. The van der Waals surface area contributed by atoms with Crippen molar-refractivity contribution < 1.29 is 18.3 Å². The van der Waals surface area contributed by atoms with E-state index in [1.807, 2.05) is 12.1 Å². The molecule has 0 saturated carbocycles. The number of halogens is 3. The highest BCUT2D eigenvalue weighted by Gasteiger charge is 2.49. The summed E-state index contributed by atoms with van der Waals surface area (Å²) in [5.74, 6) is -4.17. The van der Waals surface area contributed by atoms with Crippen molar-refractivity contribution in [3.63, 3.8) is 0 Å². The molecule has 0 bridgehead atoms. The normalized spacial score (nSPS) is 22.4. The van der Waals surface area contributed by atoms with Gasteiger partial charge in [-0.15, -0.1) is 0 Å². The van der Waals surface area contributed by atoms with E-state index in [1.165, 1.54) is 18.2 Å². The van der Waals surface area contributed by atoms with Gasteiger partial charge in [0.2, 0.25) is 0 Å². The number of rotatable bonds is 1. The van der Waals surface area contributed by atoms with Crippen LogP contribution in [0.2, 0.25) is 0 Å². The molecular formula is C21H15F3N2O. The van der Waals surface area contributed by atoms with Crippen molar-refractivity contribution in [3.05, 3.63) is 69.0 Å². The summed E-state index contributed by atoms with van der Waals surface area (Å²) in [6, 6.07) is 9.55. The van der Waals surface area contributed by atoms with Crippen molar-refractivity contribution in [2.24, 2.45) is 0 Å². The first-order valence-corrected chi connectivity index (χ1v) is 8.71. The number of aliphatic hydroxyl groups excluding tert-OH is 1. The second kappa shape index (κ2) is 6.11. The summed E-state index contributed by atoms with van der Waals surface area (Å²) in [5, 5.41) is 28.8. The number of nitriles is 2. The van der Waals surface area contributed by atoms with Crippen LogP contribution in [0.3, 0.4) is 0 Å². The molecule has 0 aliphatic heterocycles. The lowest BCUT2D eigenvalue weighted by Gasteiger charge is -2.29. The summed E-state index contributed by atoms with van der Waals surface area (Å²) in [6.07, 6.45) is -0.681. The van der Waals surface area contributed by atoms with E-state index in [0.717, 1.165) is 6.42 Å². The highest BCUT2D eigenvalue weighted by atomic mass is 19.3. The summed E-state index contributed by atoms with van der Waals surface area (Å²) >= 11 is 0. The molecule has 2 unspecified atom stereocenters. The highest BCUT2D eigenvalue weighted by molar-refractivity contribution is 5.58. The first kappa shape index (κ1) is 17.6. The van der Waals surface area contributed by atoms with Gasteiger partial charge in [0.05, 0.1) is 23.3 Å². The van der Waals surface area contributed by atoms with Gasteiger partial charge in [-0.05, 0) is 59.7 Å². The maximum atomic E-state index is 14.2. The Hall–Kier alpha value is -2.83. The van der Waals surface area contributed by atoms with Crippen LogP contribution in [0.15, 0.2) is 24.3 Å². The van der Waals surface area contributed by atoms with Gasteiger partial charge in [-0.2, -0.15) is 10.5 Å². The maximum absolute atomic E-state index is 14.2. The van der Waals surface area contributed by atoms with Crippen LogP contribution in [-0.4, -0.2) is 11.0 Å². The summed E-state index contributed by atoms with van der Waals surface area (Å²) in [4.78, 5) is 0. The van der Waals surface area contributed by atoms with Gasteiger partial charge >= 0.3 is 0 Å². The number of hydrogen-bond acceptors (Lipinski definition) is 3. The molecule has 0 radical (unpaired) electrons. The molecule has 2 aliphatic carbocycles. The van der Waals surface area contributed by atoms with Crippen molar-refractivity contribution in [3.8, 4) is 12.1 Å². The second-order valence-electron chi connectivity index (χ2n) is 7.13. The molecule has 27 heavy (non-hydrogen) atoms. The van der Waals surface area contributed by atoms with Gasteiger partial charge in [-0.1, -0.05) is 6.07 Å². The topological polar surface area (TPSA) is 67.8 Å². The van der Waals surface area contributed by atoms with Gasteiger partial charge in [0, 0.05) is 17.9 Å². The van der Waals surface area contributed by atoms with E-state index in [0.29, 0.717) is 29.5 Å². The van der Waals surface area contributed by atoms with Crippen LogP contribution in [0.25, 0.3) is 0 Å². The monoisotopic (exact) mass is 368 g/mol. The van der Waals surface area contributed by atoms with Crippen LogP contribution >= 0.6 is 0 Å². The Bertz CT molecular complexity index is 1030. The number of alkyl halides is 2. The van der Waals surface area contributed by atoms with E-state index in [2.05, 4.69) is 0 Å². The second-order valence-corrected chi connectivity index (χ2v) is 7.13. The lowest BCUT2D eigenvalue weighted by Crippen LogP contribution is -2.22. The predicted molar refractivity (Wildman–Crippen MR) is 90.7 cm³/mol. The summed E-state index contributed by atoms with van der Waals surface area (Å²) in [5.41, 5.74) is 2.47. The minimum Gasteiger partial charge on any atom is -0.382 e. The van der Waals surface area contributed by atoms with Gasteiger partial charge < -0.3 is 5.11 Å². The first-order chi connectivity index (χ1) is 12.9. The maximum Gasteiger partial charge on any atom is 0.281 e. The molecule has 2 atom stereocenters. The third-order valence-corrected chi connectivity index (χ3v) is 5.61. The van der Waals surface area contributed by atoms with Gasteiger partial charge in [0.1, 0.15) is 11.9 Å². The zero-order valence-corrected chi connectivity index (χ0v) is 14.3. The molecule has 3 nitrogen and oxygen atoms in total. The molecule has 0 saturated heterocycles. The smallest absolute Gasteiger partial charge is 0.281 e. The minimum absolute atomic E-state index is 0.0206. The Kier molecular flexibility index (Phi) is 3.98. The molecule has 4 rings (SSSR count). The fourth-order valence-electron chi connectivity index (χ4n) is 4.50. The van der Waals surface area contributed by atoms with Crippen LogP contribution in [0.1, 0.15) is 63.8 Å². The Morgan fingerprint density at radius 1 is 1.07 bits per heavy atom. The Balaban J connectivity index is 1.95. The standard InChI is InChI=1S/C21H15F3N2O/c22-14-6-11-2-1-3-16(18(11)13(7-14)10-26)15-5-4-12(9-25)19-17(15)8-21(23,24)20(19)27/h4-7,16,20,27H,1-3,8H2. The molecular weight excluding hydrogens is 353 g/mol. The Labute approximate surface area is 154 Å². The van der Waals surface area contributed by atoms with Gasteiger partial charge in [0.25, 0.3) is 5.92 Å². The lowest BCUT2D eigenvalue weighted by molar-refractivity contribution is -0.0969. The average Bonchev–Trinajstić information content (AvgIpc) is 2.89. The van der Waals surface area contributed by atoms with E-state index < -0.39 is 24.3 Å². The van der Waals surface area contributed by atoms with Crippen LogP contribution in [0.5, 0.6) is 0 Å². The van der Waals surface area contributed by atoms with Gasteiger partial charge in [0.15, 0.2) is 0 Å². The number of fused-ring (bicyclic) bond motifs is 2. The number of benzene rings is 2. The van der Waals surface area contributed by atoms with Crippen molar-refractivity contribution in [1.29, 1.82) is 10.5 Å². The van der Waals surface area contributed by atoms with Crippen LogP contribution < -0.4 is 0 Å². The van der Waals surface area contributed by atoms with E-state index in [4.69, 9.17) is 0 Å². The predicted octanol–water partition coefficient (Wildman–Crippen LogP) is 4.26. The fourth-order valence-corrected chi connectivity index (χ4v) is 4.50. The summed E-state index contributed by atoms with van der Waals surface area (Å²) in [6.45, 7) is 0. The molecule has 0 spiro atoms. The molecule has 6 heteroatoms. The average molecular weight is 368 g/mol. The number of hydrogen-bond donors (Lipinski definition) is 1. The van der Waals surface area contributed by atoms with Gasteiger partial charge in [-0.3, -0.25) is 0 Å². The third kappa shape index (κ3) is 2.60. The van der Waals surface area contributed by atoms with Crippen molar-refractivity contribution in [1.82, 2.24) is 0 Å². The molecule has 0 aromatic heterocycles. The highest BCUT2D eigenvalue weighted by Crippen LogP contribution is 2.49. The molecule has 0 fully saturated rings. The molecule has 1 N–H and O–H groups in total. The third-order valence-electron chi connectivity index (χ3n) is 5.61. The zero-order chi connectivity index (χ0) is 19.3. The minimum atomic E-state index is -3.34. The number of aliphatic hydroxyl groups is 1. The van der Waals surface area contributed by atoms with E-state index >= 15 is 0 Å². The zero-order valence-electron chi connectivity index (χ0n) is 14.3. The number of nitrogens with zero attached hydrogens (tertiary/aromatic N) is 2. The Morgan fingerprint density at radius 3 is 2.52 bits per heavy atom. The SMILES string of the molecule is N#Cc1cc(F)cc2c1C(c1ccc(C#N)c3c1CC(F)(F)C3O)CCC2. The van der Waals surface area contributed by atoms with Crippen molar-refractivity contribution in [2.45, 2.75) is 43.6 Å². The van der Waals surface area contributed by atoms with Crippen molar-refractivity contribution >= 4 is 0 Å². The summed E-state index contributed by atoms with van der Waals surface area (Å²) < 4.78 is 42.3. The fraction of sp³-hybridized carbons (Fsp3) is 0.333. The van der Waals surface area contributed by atoms with Gasteiger partial charge in [-0.25, -0.2) is 13.2 Å². The number of aryl methyl sites for hydroxylation is 1. The largest absolute Gasteiger partial charge is 0.382 e. The van der Waals surface area contributed by atoms with Crippen LogP contribution in [0, 0.1) is 28.5 Å². The van der Waals surface area contributed by atoms with E-state index in [9.17, 15) is 28.8 Å². The van der Waals surface area contributed by atoms with Crippen LogP contribution in [0.4, 0.5) is 13.2 Å². The van der Waals surface area contributed by atoms with E-state index in [1.54, 1.807) is 6.07 Å². The van der Waals surface area contributed by atoms with Crippen molar-refractivity contribution in [2.75, 3.05) is 0 Å². The van der Waals surface area contributed by atoms with Crippen LogP contribution in [-0.2, 0) is 12.8 Å². The molecule has 2 aromatic carbocycles. The molecule has 136 valence electrons. The summed E-state index contributed by atoms with van der Waals surface area (Å²) in [7, 11) is 0.